The molecule has 0 amide bonds. The van der Waals surface area contributed by atoms with Crippen molar-refractivity contribution in [3.63, 3.8) is 0 Å². The van der Waals surface area contributed by atoms with Crippen LogP contribution in [-0.2, 0) is 0 Å². The number of aryl methyl sites for hydroxylation is 1. The number of halogens is 2. The van der Waals surface area contributed by atoms with E-state index in [4.69, 9.17) is 33.7 Å². The zero-order chi connectivity index (χ0) is 18.9. The highest BCUT2D eigenvalue weighted by atomic mass is 35.5. The van der Waals surface area contributed by atoms with Gasteiger partial charge in [-0.25, -0.2) is 0 Å². The van der Waals surface area contributed by atoms with E-state index in [1.54, 1.807) is 18.2 Å². The molecule has 0 N–H and O–H groups in total. The second kappa shape index (κ2) is 9.77. The fourth-order valence-electron chi connectivity index (χ4n) is 2.36. The van der Waals surface area contributed by atoms with Gasteiger partial charge in [0.2, 0.25) is 0 Å². The molecule has 5 nitrogen and oxygen atoms in total. The molecule has 2 rings (SSSR count). The number of nitrogens with zero attached hydrogens (tertiary/aromatic N) is 5. The maximum Gasteiger partial charge on any atom is 0.106 e. The van der Waals surface area contributed by atoms with Crippen molar-refractivity contribution in [3.05, 3.63) is 52.0 Å². The molecular formula is C19H17Cl2N5. The minimum absolute atomic E-state index is 0.402. The molecule has 0 heterocycles. The van der Waals surface area contributed by atoms with Crippen LogP contribution in [-0.4, -0.2) is 13.1 Å². The van der Waals surface area contributed by atoms with E-state index in [2.05, 4.69) is 22.4 Å². The summed E-state index contributed by atoms with van der Waals surface area (Å²) in [4.78, 5) is 2.02. The Morgan fingerprint density at radius 2 is 1.58 bits per heavy atom. The van der Waals surface area contributed by atoms with Gasteiger partial charge in [-0.05, 0) is 48.9 Å². The molecule has 2 aromatic carbocycles. The number of nitriles is 2. The van der Waals surface area contributed by atoms with Crippen LogP contribution in [0, 0.1) is 29.6 Å². The molecule has 0 unspecified atom stereocenters. The van der Waals surface area contributed by atoms with Crippen molar-refractivity contribution >= 4 is 40.3 Å². The lowest BCUT2D eigenvalue weighted by Gasteiger charge is -2.23. The van der Waals surface area contributed by atoms with Gasteiger partial charge in [0.05, 0.1) is 35.7 Å². The lowest BCUT2D eigenvalue weighted by atomic mass is 10.1. The van der Waals surface area contributed by atoms with Crippen molar-refractivity contribution < 1.29 is 0 Å². The van der Waals surface area contributed by atoms with Crippen molar-refractivity contribution in [2.75, 3.05) is 18.0 Å². The van der Waals surface area contributed by atoms with E-state index in [0.29, 0.717) is 47.4 Å². The van der Waals surface area contributed by atoms with Crippen molar-refractivity contribution in [2.24, 2.45) is 10.2 Å². The molecule has 0 saturated carbocycles. The number of benzene rings is 2. The van der Waals surface area contributed by atoms with Crippen LogP contribution in [0.3, 0.4) is 0 Å². The molecule has 0 radical (unpaired) electrons. The Hall–Kier alpha value is -2.60. The third-order valence-electron chi connectivity index (χ3n) is 3.71. The van der Waals surface area contributed by atoms with E-state index >= 15 is 0 Å². The van der Waals surface area contributed by atoms with Gasteiger partial charge < -0.3 is 4.90 Å². The molecule has 132 valence electrons. The van der Waals surface area contributed by atoms with Crippen LogP contribution >= 0.6 is 23.2 Å². The first kappa shape index (κ1) is 19.7. The summed E-state index contributed by atoms with van der Waals surface area (Å²) in [5.74, 6) is 0. The Bertz CT molecular complexity index is 862. The zero-order valence-electron chi connectivity index (χ0n) is 14.3. The summed E-state index contributed by atoms with van der Waals surface area (Å²) in [6.45, 7) is 3.09. The number of hydrogen-bond acceptors (Lipinski definition) is 5. The van der Waals surface area contributed by atoms with Gasteiger partial charge in [0.1, 0.15) is 5.69 Å². The van der Waals surface area contributed by atoms with Gasteiger partial charge in [0.25, 0.3) is 0 Å². The average molecular weight is 386 g/mol. The predicted octanol–water partition coefficient (Wildman–Crippen LogP) is 6.35. The van der Waals surface area contributed by atoms with Crippen LogP contribution < -0.4 is 4.90 Å². The monoisotopic (exact) mass is 385 g/mol. The minimum Gasteiger partial charge on any atom is -0.369 e. The summed E-state index contributed by atoms with van der Waals surface area (Å²) in [7, 11) is 0. The number of hydrogen-bond donors (Lipinski definition) is 0. The van der Waals surface area contributed by atoms with Crippen LogP contribution in [0.1, 0.15) is 18.4 Å². The first-order valence-corrected chi connectivity index (χ1v) is 8.77. The molecule has 0 aromatic heterocycles. The second-order valence-electron chi connectivity index (χ2n) is 5.57. The Kier molecular flexibility index (Phi) is 7.41. The molecule has 0 atom stereocenters. The third kappa shape index (κ3) is 5.46. The van der Waals surface area contributed by atoms with Gasteiger partial charge in [0.15, 0.2) is 0 Å². The van der Waals surface area contributed by atoms with Gasteiger partial charge in [-0.2, -0.15) is 15.6 Å². The molecule has 0 fully saturated rings. The standard InChI is InChI=1S/C19H17Cl2N5/c1-14-12-16(26(10-2-8-22)11-3-9-23)5-7-18(14)24-25-19-13-15(20)4-6-17(19)21/h4-7,12-13H,2-3,10-11H2,1H3. The zero-order valence-corrected chi connectivity index (χ0v) is 15.8. The van der Waals surface area contributed by atoms with Crippen molar-refractivity contribution in [1.29, 1.82) is 10.5 Å². The van der Waals surface area contributed by atoms with E-state index in [-0.39, 0.29) is 0 Å². The van der Waals surface area contributed by atoms with E-state index in [9.17, 15) is 0 Å². The van der Waals surface area contributed by atoms with Crippen LogP contribution in [0.25, 0.3) is 0 Å². The van der Waals surface area contributed by atoms with Gasteiger partial charge in [-0.15, -0.1) is 5.11 Å². The summed E-state index contributed by atoms with van der Waals surface area (Å²) >= 11 is 12.1. The highest BCUT2D eigenvalue weighted by Crippen LogP contribution is 2.31. The van der Waals surface area contributed by atoms with Crippen LogP contribution in [0.4, 0.5) is 17.1 Å². The van der Waals surface area contributed by atoms with Crippen LogP contribution in [0.5, 0.6) is 0 Å². The second-order valence-corrected chi connectivity index (χ2v) is 6.41. The fraction of sp³-hybridized carbons (Fsp3) is 0.263. The summed E-state index contributed by atoms with van der Waals surface area (Å²) in [5.41, 5.74) is 3.11. The molecule has 0 spiro atoms. The normalized spacial score (nSPS) is 10.5. The van der Waals surface area contributed by atoms with Crippen molar-refractivity contribution in [2.45, 2.75) is 19.8 Å². The van der Waals surface area contributed by atoms with Gasteiger partial charge >= 0.3 is 0 Å². The van der Waals surface area contributed by atoms with E-state index in [0.717, 1.165) is 11.3 Å². The predicted molar refractivity (Wildman–Crippen MR) is 104 cm³/mol. The minimum atomic E-state index is 0.402. The highest BCUT2D eigenvalue weighted by Gasteiger charge is 2.08. The maximum atomic E-state index is 8.82. The first-order chi connectivity index (χ1) is 12.5. The first-order valence-electron chi connectivity index (χ1n) is 8.01. The smallest absolute Gasteiger partial charge is 0.106 e. The van der Waals surface area contributed by atoms with Gasteiger partial charge in [-0.3, -0.25) is 0 Å². The molecular weight excluding hydrogens is 369 g/mol. The van der Waals surface area contributed by atoms with E-state index in [1.165, 1.54) is 0 Å². The van der Waals surface area contributed by atoms with Crippen LogP contribution in [0.2, 0.25) is 10.0 Å². The van der Waals surface area contributed by atoms with Crippen molar-refractivity contribution in [3.8, 4) is 12.1 Å². The number of rotatable bonds is 7. The molecule has 0 bridgehead atoms. The Labute approximate surface area is 163 Å². The van der Waals surface area contributed by atoms with Gasteiger partial charge in [-0.1, -0.05) is 23.2 Å². The lowest BCUT2D eigenvalue weighted by molar-refractivity contribution is 0.796. The molecule has 26 heavy (non-hydrogen) atoms. The quantitative estimate of drug-likeness (QED) is 0.520. The highest BCUT2D eigenvalue weighted by molar-refractivity contribution is 6.35. The molecule has 0 aliphatic heterocycles. The summed E-state index contributed by atoms with van der Waals surface area (Å²) in [6, 6.07) is 15.0. The summed E-state index contributed by atoms with van der Waals surface area (Å²) < 4.78 is 0. The maximum absolute atomic E-state index is 8.82. The van der Waals surface area contributed by atoms with Crippen LogP contribution in [0.15, 0.2) is 46.6 Å². The van der Waals surface area contributed by atoms with Crippen molar-refractivity contribution in [1.82, 2.24) is 0 Å². The Morgan fingerprint density at radius 3 is 2.19 bits per heavy atom. The SMILES string of the molecule is Cc1cc(N(CCC#N)CCC#N)ccc1N=Nc1cc(Cl)ccc1Cl. The molecule has 0 saturated heterocycles. The Balaban J connectivity index is 2.22. The van der Waals surface area contributed by atoms with Gasteiger partial charge in [0, 0.05) is 23.8 Å². The largest absolute Gasteiger partial charge is 0.369 e. The topological polar surface area (TPSA) is 75.5 Å². The number of azo groups is 1. The molecule has 0 aliphatic carbocycles. The summed E-state index contributed by atoms with van der Waals surface area (Å²) in [6.07, 6.45) is 0.804. The third-order valence-corrected chi connectivity index (χ3v) is 4.26. The van der Waals surface area contributed by atoms with E-state index < -0.39 is 0 Å². The Morgan fingerprint density at radius 1 is 0.923 bits per heavy atom. The van der Waals surface area contributed by atoms with E-state index in [1.807, 2.05) is 30.0 Å². The fourth-order valence-corrected chi connectivity index (χ4v) is 2.68. The summed E-state index contributed by atoms with van der Waals surface area (Å²) in [5, 5.41) is 27.1. The average Bonchev–Trinajstić information content (AvgIpc) is 2.63. The molecule has 0 aliphatic rings. The molecule has 7 heteroatoms. The number of anilines is 1. The molecule has 2 aromatic rings. The lowest BCUT2D eigenvalue weighted by Crippen LogP contribution is -2.25.